The average Bonchev–Trinajstić information content (AvgIpc) is 2.74. The van der Waals surface area contributed by atoms with Crippen LogP contribution in [0.5, 0.6) is 0 Å². The SMILES string of the molecule is C=S(C)(=O)CC(C(=O)O)C1(O)CCN(C(=O)NCCCc2ccc3c(n2)CCCC3)CC1. The third-order valence-electron chi connectivity index (χ3n) is 6.50. The predicted octanol–water partition coefficient (Wildman–Crippen LogP) is 1.48. The molecule has 0 saturated carbocycles. The van der Waals surface area contributed by atoms with Crippen LogP contribution in [0.4, 0.5) is 4.79 Å². The predicted molar refractivity (Wildman–Crippen MR) is 126 cm³/mol. The molecule has 0 aromatic carbocycles. The number of likely N-dealkylation sites (tertiary alicyclic amines) is 1. The van der Waals surface area contributed by atoms with Gasteiger partial charge in [0.1, 0.15) is 0 Å². The summed E-state index contributed by atoms with van der Waals surface area (Å²) in [5, 5.41) is 23.3. The number of carbonyl (C=O) groups is 2. The molecule has 2 atom stereocenters. The molecule has 0 bridgehead atoms. The van der Waals surface area contributed by atoms with Crippen molar-refractivity contribution in [2.75, 3.05) is 31.6 Å². The lowest BCUT2D eigenvalue weighted by atomic mass is 9.80. The van der Waals surface area contributed by atoms with Crippen molar-refractivity contribution < 1.29 is 24.0 Å². The molecule has 1 fully saturated rings. The van der Waals surface area contributed by atoms with Gasteiger partial charge in [-0.15, -0.1) is 0 Å². The smallest absolute Gasteiger partial charge is 0.317 e. The molecule has 1 aliphatic carbocycles. The van der Waals surface area contributed by atoms with Crippen LogP contribution in [-0.4, -0.2) is 79.4 Å². The zero-order chi connectivity index (χ0) is 23.4. The summed E-state index contributed by atoms with van der Waals surface area (Å²) >= 11 is 0. The Morgan fingerprint density at radius 2 is 1.97 bits per heavy atom. The molecule has 1 aromatic rings. The lowest BCUT2D eigenvalue weighted by molar-refractivity contribution is -0.153. The van der Waals surface area contributed by atoms with Gasteiger partial charge in [-0.1, -0.05) is 6.07 Å². The summed E-state index contributed by atoms with van der Waals surface area (Å²) in [6.45, 7) is 1.02. The maximum Gasteiger partial charge on any atom is 0.317 e. The lowest BCUT2D eigenvalue weighted by Crippen LogP contribution is -2.55. The van der Waals surface area contributed by atoms with Crippen LogP contribution in [0, 0.1) is 5.92 Å². The van der Waals surface area contributed by atoms with E-state index in [9.17, 15) is 24.0 Å². The molecule has 8 nitrogen and oxygen atoms in total. The van der Waals surface area contributed by atoms with E-state index in [1.165, 1.54) is 30.4 Å². The second-order valence-corrected chi connectivity index (χ2v) is 12.0. The van der Waals surface area contributed by atoms with Crippen molar-refractivity contribution in [2.45, 2.75) is 57.0 Å². The van der Waals surface area contributed by atoms with Gasteiger partial charge in [-0.25, -0.2) is 4.79 Å². The first-order valence-electron chi connectivity index (χ1n) is 11.3. The van der Waals surface area contributed by atoms with Crippen LogP contribution < -0.4 is 5.32 Å². The van der Waals surface area contributed by atoms with Crippen LogP contribution in [0.2, 0.25) is 0 Å². The van der Waals surface area contributed by atoms with Gasteiger partial charge in [0, 0.05) is 43.0 Å². The minimum Gasteiger partial charge on any atom is -0.481 e. The van der Waals surface area contributed by atoms with Crippen molar-refractivity contribution in [3.05, 3.63) is 29.1 Å². The number of aromatic nitrogens is 1. The van der Waals surface area contributed by atoms with Crippen LogP contribution in [0.3, 0.4) is 0 Å². The van der Waals surface area contributed by atoms with Gasteiger partial charge >= 0.3 is 12.0 Å². The molecule has 9 heteroatoms. The van der Waals surface area contributed by atoms with Crippen molar-refractivity contribution in [1.82, 2.24) is 15.2 Å². The van der Waals surface area contributed by atoms with Crippen molar-refractivity contribution in [3.8, 4) is 0 Å². The van der Waals surface area contributed by atoms with Gasteiger partial charge in [0.05, 0.1) is 11.5 Å². The molecule has 32 heavy (non-hydrogen) atoms. The number of piperidine rings is 1. The molecule has 0 spiro atoms. The summed E-state index contributed by atoms with van der Waals surface area (Å²) in [5.74, 6) is 1.00. The zero-order valence-corrected chi connectivity index (χ0v) is 19.7. The molecule has 1 saturated heterocycles. The molecule has 2 amide bonds. The Morgan fingerprint density at radius 3 is 2.62 bits per heavy atom. The number of carboxylic acid groups (broad SMARTS) is 1. The molecule has 1 aliphatic heterocycles. The van der Waals surface area contributed by atoms with E-state index in [1.54, 1.807) is 4.90 Å². The topological polar surface area (TPSA) is 120 Å². The van der Waals surface area contributed by atoms with E-state index in [0.717, 1.165) is 31.4 Å². The Balaban J connectivity index is 1.44. The lowest BCUT2D eigenvalue weighted by Gasteiger charge is -2.41. The highest BCUT2D eigenvalue weighted by atomic mass is 32.2. The fourth-order valence-electron chi connectivity index (χ4n) is 4.60. The number of aryl methyl sites for hydroxylation is 3. The van der Waals surface area contributed by atoms with E-state index in [4.69, 9.17) is 4.98 Å². The van der Waals surface area contributed by atoms with Crippen LogP contribution in [-0.2, 0) is 33.6 Å². The quantitative estimate of drug-likeness (QED) is 0.395. The second-order valence-electron chi connectivity index (χ2n) is 9.28. The Bertz CT molecular complexity index is 939. The van der Waals surface area contributed by atoms with Gasteiger partial charge in [-0.3, -0.25) is 14.0 Å². The number of nitrogens with one attached hydrogen (secondary N) is 1. The zero-order valence-electron chi connectivity index (χ0n) is 18.8. The molecule has 3 N–H and O–H groups in total. The highest BCUT2D eigenvalue weighted by Crippen LogP contribution is 2.31. The fraction of sp³-hybridized carbons (Fsp3) is 0.652. The third kappa shape index (κ3) is 6.45. The molecular weight excluding hydrogens is 430 g/mol. The van der Waals surface area contributed by atoms with Crippen molar-refractivity contribution in [3.63, 3.8) is 0 Å². The van der Waals surface area contributed by atoms with E-state index in [1.807, 2.05) is 0 Å². The molecule has 2 aliphatic rings. The molecule has 3 rings (SSSR count). The van der Waals surface area contributed by atoms with Crippen LogP contribution in [0.25, 0.3) is 0 Å². The van der Waals surface area contributed by atoms with Crippen molar-refractivity contribution in [2.24, 2.45) is 5.92 Å². The minimum atomic E-state index is -2.57. The number of carboxylic acids is 1. The third-order valence-corrected chi connectivity index (χ3v) is 7.54. The number of hydrogen-bond acceptors (Lipinski definition) is 5. The van der Waals surface area contributed by atoms with E-state index in [0.29, 0.717) is 6.54 Å². The minimum absolute atomic E-state index is 0.131. The summed E-state index contributed by atoms with van der Waals surface area (Å²) < 4.78 is 12.0. The molecule has 0 radical (unpaired) electrons. The number of carbonyl (C=O) groups excluding carboxylic acids is 1. The average molecular weight is 466 g/mol. The number of hydrogen-bond donors (Lipinski definition) is 3. The Labute approximate surface area is 190 Å². The van der Waals surface area contributed by atoms with Gasteiger partial charge in [0.2, 0.25) is 0 Å². The summed E-state index contributed by atoms with van der Waals surface area (Å²) in [4.78, 5) is 30.5. The van der Waals surface area contributed by atoms with Gasteiger partial charge in [0.15, 0.2) is 0 Å². The summed E-state index contributed by atoms with van der Waals surface area (Å²) in [5.41, 5.74) is 2.15. The summed E-state index contributed by atoms with van der Waals surface area (Å²) in [7, 11) is -2.57. The molecule has 2 unspecified atom stereocenters. The summed E-state index contributed by atoms with van der Waals surface area (Å²) in [6.07, 6.45) is 7.84. The number of amides is 2. The fourth-order valence-corrected chi connectivity index (χ4v) is 5.76. The molecule has 2 heterocycles. The van der Waals surface area contributed by atoms with Crippen LogP contribution in [0.15, 0.2) is 12.1 Å². The van der Waals surface area contributed by atoms with E-state index >= 15 is 0 Å². The molecular formula is C23H35N3O5S. The van der Waals surface area contributed by atoms with Crippen molar-refractivity contribution >= 4 is 27.4 Å². The standard InChI is InChI=1S/C23H35N3O5S/c1-32(2,31)16-19(21(27)28)23(30)11-14-26(15-12-23)22(29)24-13-5-7-18-10-9-17-6-3-4-8-20(17)25-18/h9-10,19,30H,1,3-8,11-16H2,2H3,(H,24,29)(H,27,28). The second kappa shape index (κ2) is 10.2. The number of fused-ring (bicyclic) bond motifs is 1. The number of rotatable bonds is 8. The normalized spacial score (nSPS) is 20.6. The van der Waals surface area contributed by atoms with E-state index < -0.39 is 27.0 Å². The number of urea groups is 1. The molecule has 1 aromatic heterocycles. The first-order chi connectivity index (χ1) is 15.1. The number of aliphatic hydroxyl groups is 1. The van der Waals surface area contributed by atoms with Gasteiger partial charge in [-0.2, -0.15) is 0 Å². The Hall–Kier alpha value is -2.13. The monoisotopic (exact) mass is 465 g/mol. The van der Waals surface area contributed by atoms with E-state index in [-0.39, 0.29) is 37.7 Å². The van der Waals surface area contributed by atoms with Gasteiger partial charge in [-0.05, 0) is 78.4 Å². The highest BCUT2D eigenvalue weighted by molar-refractivity contribution is 7.99. The maximum absolute atomic E-state index is 12.5. The number of nitrogens with zero attached hydrogens (tertiary/aromatic N) is 2. The van der Waals surface area contributed by atoms with Gasteiger partial charge in [0.25, 0.3) is 0 Å². The highest BCUT2D eigenvalue weighted by Gasteiger charge is 2.45. The van der Waals surface area contributed by atoms with Crippen LogP contribution >= 0.6 is 0 Å². The Kier molecular flexibility index (Phi) is 7.82. The first-order valence-corrected chi connectivity index (χ1v) is 13.6. The van der Waals surface area contributed by atoms with Crippen molar-refractivity contribution in [1.29, 1.82) is 0 Å². The maximum atomic E-state index is 12.5. The van der Waals surface area contributed by atoms with E-state index in [2.05, 4.69) is 23.3 Å². The first kappa shape index (κ1) is 24.5. The summed E-state index contributed by atoms with van der Waals surface area (Å²) in [6, 6.07) is 4.05. The molecule has 178 valence electrons. The van der Waals surface area contributed by atoms with Gasteiger partial charge < -0.3 is 20.4 Å². The number of pyridine rings is 1. The largest absolute Gasteiger partial charge is 0.481 e. The number of aliphatic carboxylic acids is 1. The van der Waals surface area contributed by atoms with Crippen LogP contribution in [0.1, 0.15) is 49.1 Å². The Morgan fingerprint density at radius 1 is 1.28 bits per heavy atom.